The highest BCUT2D eigenvalue weighted by atomic mass is 28.4. The third kappa shape index (κ3) is 5.57. The van der Waals surface area contributed by atoms with Gasteiger partial charge in [0.25, 0.3) is 11.6 Å². The summed E-state index contributed by atoms with van der Waals surface area (Å²) >= 11 is 0. The van der Waals surface area contributed by atoms with E-state index in [0.29, 0.717) is 30.0 Å². The minimum absolute atomic E-state index is 0.00965. The van der Waals surface area contributed by atoms with E-state index in [1.165, 1.54) is 19.2 Å². The number of nitrogen functional groups attached to an aromatic ring is 1. The molecule has 1 heterocycles. The number of aryl methyl sites for hydroxylation is 1. The molecule has 35 heavy (non-hydrogen) atoms. The first-order valence-electron chi connectivity index (χ1n) is 11.6. The summed E-state index contributed by atoms with van der Waals surface area (Å²) in [5, 5.41) is 11.8. The van der Waals surface area contributed by atoms with Crippen molar-refractivity contribution in [2.45, 2.75) is 58.3 Å². The van der Waals surface area contributed by atoms with Crippen LogP contribution in [0.25, 0.3) is 5.57 Å². The van der Waals surface area contributed by atoms with Crippen molar-refractivity contribution in [2.24, 2.45) is 0 Å². The molecule has 2 N–H and O–H groups in total. The number of nitrogens with zero attached hydrogens (tertiary/aromatic N) is 2. The van der Waals surface area contributed by atoms with Gasteiger partial charge in [-0.2, -0.15) is 0 Å². The monoisotopic (exact) mass is 497 g/mol. The number of hydrogen-bond donors (Lipinski definition) is 1. The second-order valence-electron chi connectivity index (χ2n) is 10.5. The van der Waals surface area contributed by atoms with E-state index in [2.05, 4.69) is 33.9 Å². The smallest absolute Gasteiger partial charge is 0.282 e. The first-order chi connectivity index (χ1) is 16.2. The Morgan fingerprint density at radius 3 is 2.40 bits per heavy atom. The van der Waals surface area contributed by atoms with Crippen molar-refractivity contribution in [3.8, 4) is 5.75 Å². The van der Waals surface area contributed by atoms with Crippen LogP contribution in [-0.2, 0) is 4.43 Å². The summed E-state index contributed by atoms with van der Waals surface area (Å²) in [4.78, 5) is 26.6. The zero-order valence-corrected chi connectivity index (χ0v) is 22.5. The standard InChI is InChI=1S/C26H35N3O5Si/c1-17-12-23(29(31)32)22(14-24(17)33-5)25(30)28-15-19(18-8-10-20(27)11-9-18)13-21(28)16-34-35(6,7)26(2,3)4/h8-12,14-15,21H,13,16,27H2,1-7H3/t21-/m0/s1. The lowest BCUT2D eigenvalue weighted by Crippen LogP contribution is -2.45. The van der Waals surface area contributed by atoms with Crippen LogP contribution in [0.4, 0.5) is 11.4 Å². The highest BCUT2D eigenvalue weighted by Gasteiger charge is 2.40. The second kappa shape index (κ2) is 9.83. The SMILES string of the molecule is COc1cc(C(=O)N2C=C(c3ccc(N)cc3)C[C@H]2CO[Si](C)(C)C(C)(C)C)c([N+](=O)[O-])cc1C. The van der Waals surface area contributed by atoms with Gasteiger partial charge in [-0.05, 0) is 60.3 Å². The maximum absolute atomic E-state index is 13.8. The Balaban J connectivity index is 2.02. The van der Waals surface area contributed by atoms with E-state index in [1.807, 2.05) is 24.3 Å². The number of hydrogen-bond acceptors (Lipinski definition) is 6. The van der Waals surface area contributed by atoms with E-state index in [1.54, 1.807) is 18.0 Å². The van der Waals surface area contributed by atoms with Gasteiger partial charge in [0.1, 0.15) is 11.3 Å². The molecule has 9 heteroatoms. The normalized spacial score (nSPS) is 16.3. The molecular weight excluding hydrogens is 462 g/mol. The van der Waals surface area contributed by atoms with Gasteiger partial charge in [-0.1, -0.05) is 32.9 Å². The molecule has 1 aliphatic rings. The summed E-state index contributed by atoms with van der Waals surface area (Å²) in [5.74, 6) is -0.0285. The van der Waals surface area contributed by atoms with Gasteiger partial charge < -0.3 is 19.8 Å². The van der Waals surface area contributed by atoms with E-state index >= 15 is 0 Å². The predicted molar refractivity (Wildman–Crippen MR) is 141 cm³/mol. The summed E-state index contributed by atoms with van der Waals surface area (Å²) in [6.07, 6.45) is 2.35. The van der Waals surface area contributed by atoms with Crippen molar-refractivity contribution in [3.05, 3.63) is 69.4 Å². The molecule has 0 spiro atoms. The van der Waals surface area contributed by atoms with Crippen LogP contribution in [0.15, 0.2) is 42.6 Å². The summed E-state index contributed by atoms with van der Waals surface area (Å²) in [6.45, 7) is 12.9. The number of anilines is 1. The fraction of sp³-hybridized carbons (Fsp3) is 0.423. The topological polar surface area (TPSA) is 108 Å². The highest BCUT2D eigenvalue weighted by molar-refractivity contribution is 6.74. The van der Waals surface area contributed by atoms with Crippen LogP contribution in [0.2, 0.25) is 18.1 Å². The third-order valence-corrected chi connectivity index (χ3v) is 11.5. The lowest BCUT2D eigenvalue weighted by Gasteiger charge is -2.38. The Morgan fingerprint density at radius 1 is 1.23 bits per heavy atom. The minimum Gasteiger partial charge on any atom is -0.496 e. The van der Waals surface area contributed by atoms with Crippen LogP contribution in [0.5, 0.6) is 5.75 Å². The van der Waals surface area contributed by atoms with Crippen LogP contribution < -0.4 is 10.5 Å². The zero-order valence-electron chi connectivity index (χ0n) is 21.5. The van der Waals surface area contributed by atoms with E-state index in [0.717, 1.165) is 11.1 Å². The molecular formula is C26H35N3O5Si. The van der Waals surface area contributed by atoms with Crippen molar-refractivity contribution in [2.75, 3.05) is 19.5 Å². The van der Waals surface area contributed by atoms with Gasteiger partial charge in [0.2, 0.25) is 0 Å². The molecule has 1 aliphatic heterocycles. The summed E-state index contributed by atoms with van der Waals surface area (Å²) in [7, 11) is -0.602. The number of nitrogens with two attached hydrogens (primary N) is 1. The van der Waals surface area contributed by atoms with Crippen LogP contribution in [0, 0.1) is 17.0 Å². The molecule has 0 saturated heterocycles. The predicted octanol–water partition coefficient (Wildman–Crippen LogP) is 5.77. The Kier molecular flexibility index (Phi) is 7.42. The third-order valence-electron chi connectivity index (χ3n) is 7.04. The van der Waals surface area contributed by atoms with Gasteiger partial charge in [0.15, 0.2) is 8.32 Å². The Morgan fingerprint density at radius 2 is 1.86 bits per heavy atom. The number of rotatable bonds is 7. The van der Waals surface area contributed by atoms with Crippen molar-refractivity contribution in [1.29, 1.82) is 0 Å². The van der Waals surface area contributed by atoms with Crippen LogP contribution >= 0.6 is 0 Å². The van der Waals surface area contributed by atoms with Crippen molar-refractivity contribution < 1.29 is 18.9 Å². The maximum Gasteiger partial charge on any atom is 0.282 e. The fourth-order valence-electron chi connectivity index (χ4n) is 3.81. The molecule has 0 radical (unpaired) electrons. The van der Waals surface area contributed by atoms with Gasteiger partial charge in [0, 0.05) is 24.0 Å². The molecule has 188 valence electrons. The van der Waals surface area contributed by atoms with Crippen LogP contribution in [-0.4, -0.2) is 43.8 Å². The van der Waals surface area contributed by atoms with Crippen molar-refractivity contribution in [1.82, 2.24) is 4.90 Å². The molecule has 2 aromatic carbocycles. The molecule has 0 bridgehead atoms. The van der Waals surface area contributed by atoms with Gasteiger partial charge >= 0.3 is 0 Å². The average Bonchev–Trinajstić information content (AvgIpc) is 3.21. The largest absolute Gasteiger partial charge is 0.496 e. The van der Waals surface area contributed by atoms with Crippen molar-refractivity contribution >= 4 is 31.2 Å². The van der Waals surface area contributed by atoms with Gasteiger partial charge in [0.05, 0.1) is 24.7 Å². The van der Waals surface area contributed by atoms with E-state index in [-0.39, 0.29) is 22.3 Å². The molecule has 0 fully saturated rings. The zero-order chi connectivity index (χ0) is 26.1. The molecule has 1 atom stereocenters. The number of nitro benzene ring substituents is 1. The molecule has 0 unspecified atom stereocenters. The summed E-state index contributed by atoms with van der Waals surface area (Å²) in [5.41, 5.74) is 8.74. The van der Waals surface area contributed by atoms with Crippen LogP contribution in [0.1, 0.15) is 48.7 Å². The van der Waals surface area contributed by atoms with E-state index < -0.39 is 19.1 Å². The lowest BCUT2D eigenvalue weighted by atomic mass is 10.0. The maximum atomic E-state index is 13.8. The fourth-order valence-corrected chi connectivity index (χ4v) is 4.85. The molecule has 3 rings (SSSR count). The Hall–Kier alpha value is -3.17. The number of ether oxygens (including phenoxy) is 1. The number of nitro groups is 1. The second-order valence-corrected chi connectivity index (χ2v) is 15.3. The summed E-state index contributed by atoms with van der Waals surface area (Å²) < 4.78 is 11.8. The van der Waals surface area contributed by atoms with Crippen molar-refractivity contribution in [3.63, 3.8) is 0 Å². The first kappa shape index (κ1) is 26.4. The summed E-state index contributed by atoms with van der Waals surface area (Å²) in [6, 6.07) is 10.0. The van der Waals surface area contributed by atoms with E-state index in [9.17, 15) is 14.9 Å². The lowest BCUT2D eigenvalue weighted by molar-refractivity contribution is -0.385. The van der Waals surface area contributed by atoms with Gasteiger partial charge in [-0.3, -0.25) is 14.9 Å². The minimum atomic E-state index is -2.08. The average molecular weight is 498 g/mol. The number of amides is 1. The molecule has 0 aliphatic carbocycles. The molecule has 8 nitrogen and oxygen atoms in total. The van der Waals surface area contributed by atoms with Crippen LogP contribution in [0.3, 0.4) is 0 Å². The molecule has 2 aromatic rings. The quantitative estimate of drug-likeness (QED) is 0.225. The van der Waals surface area contributed by atoms with Gasteiger partial charge in [-0.25, -0.2) is 0 Å². The molecule has 1 amide bonds. The number of methoxy groups -OCH3 is 1. The number of benzene rings is 2. The number of carbonyl (C=O) groups excluding carboxylic acids is 1. The Bertz CT molecular complexity index is 1150. The number of carbonyl (C=O) groups is 1. The first-order valence-corrected chi connectivity index (χ1v) is 14.5. The Labute approximate surface area is 208 Å². The molecule has 0 saturated carbocycles. The molecule has 0 aromatic heterocycles. The van der Waals surface area contributed by atoms with Gasteiger partial charge in [-0.15, -0.1) is 0 Å². The highest BCUT2D eigenvalue weighted by Crippen LogP contribution is 2.39. The van der Waals surface area contributed by atoms with E-state index in [4.69, 9.17) is 14.9 Å².